The molecule has 2 N–H and O–H groups in total. The van der Waals surface area contributed by atoms with Crippen molar-refractivity contribution in [2.45, 2.75) is 59.9 Å². The van der Waals surface area contributed by atoms with E-state index in [1.54, 1.807) is 24.3 Å². The molecular formula is C26H40F2N2O2. The Morgan fingerprint density at radius 3 is 2.25 bits per heavy atom. The fraction of sp³-hybridized carbons (Fsp3) is 0.538. The van der Waals surface area contributed by atoms with Crippen LogP contribution in [-0.2, 0) is 4.74 Å². The lowest BCUT2D eigenvalue weighted by molar-refractivity contribution is 0.143. The second-order valence-corrected chi connectivity index (χ2v) is 7.05. The summed E-state index contributed by atoms with van der Waals surface area (Å²) >= 11 is 0. The fourth-order valence-electron chi connectivity index (χ4n) is 2.90. The molecule has 0 aromatic heterocycles. The number of hydrogen-bond acceptors (Lipinski definition) is 4. The third kappa shape index (κ3) is 10.1. The van der Waals surface area contributed by atoms with E-state index in [-0.39, 0.29) is 23.4 Å². The number of ether oxygens (including phenoxy) is 2. The molecule has 0 radical (unpaired) electrons. The lowest BCUT2D eigenvalue weighted by atomic mass is 9.99. The van der Waals surface area contributed by atoms with Crippen LogP contribution in [0.1, 0.15) is 71.0 Å². The Morgan fingerprint density at radius 2 is 1.62 bits per heavy atom. The first kappa shape index (κ1) is 28.0. The maximum Gasteiger partial charge on any atom is 0.165 e. The van der Waals surface area contributed by atoms with E-state index in [0.717, 1.165) is 30.4 Å². The minimum Gasteiger partial charge on any atom is -0.490 e. The summed E-state index contributed by atoms with van der Waals surface area (Å²) in [6.07, 6.45) is 3.15. The molecule has 0 amide bonds. The van der Waals surface area contributed by atoms with Crippen molar-refractivity contribution in [3.63, 3.8) is 0 Å². The van der Waals surface area contributed by atoms with Gasteiger partial charge in [0.2, 0.25) is 0 Å². The van der Waals surface area contributed by atoms with Crippen LogP contribution < -0.4 is 15.6 Å². The molecule has 2 aromatic rings. The van der Waals surface area contributed by atoms with Gasteiger partial charge in [0.1, 0.15) is 5.82 Å². The highest BCUT2D eigenvalue weighted by Gasteiger charge is 2.23. The molecule has 1 aliphatic rings. The molecule has 1 aliphatic carbocycles. The summed E-state index contributed by atoms with van der Waals surface area (Å²) in [6, 6.07) is 10.9. The lowest BCUT2D eigenvalue weighted by Gasteiger charge is -2.21. The van der Waals surface area contributed by atoms with Crippen molar-refractivity contribution in [3.05, 3.63) is 65.2 Å². The predicted octanol–water partition coefficient (Wildman–Crippen LogP) is 6.42. The quantitative estimate of drug-likeness (QED) is 0.289. The van der Waals surface area contributed by atoms with Gasteiger partial charge in [-0.2, -0.15) is 0 Å². The summed E-state index contributed by atoms with van der Waals surface area (Å²) in [7, 11) is 0. The van der Waals surface area contributed by atoms with Crippen molar-refractivity contribution in [1.29, 1.82) is 0 Å². The zero-order chi connectivity index (χ0) is 23.8. The zero-order valence-electron chi connectivity index (χ0n) is 20.2. The van der Waals surface area contributed by atoms with Crippen LogP contribution in [0.2, 0.25) is 0 Å². The second kappa shape index (κ2) is 16.6. The van der Waals surface area contributed by atoms with Crippen LogP contribution in [0.4, 0.5) is 8.78 Å². The highest BCUT2D eigenvalue weighted by molar-refractivity contribution is 5.37. The average Bonchev–Trinajstić information content (AvgIpc) is 3.66. The summed E-state index contributed by atoms with van der Waals surface area (Å²) < 4.78 is 38.5. The Kier molecular flexibility index (Phi) is 14.5. The molecule has 180 valence electrons. The van der Waals surface area contributed by atoms with Crippen LogP contribution in [0.3, 0.4) is 0 Å². The van der Waals surface area contributed by atoms with Crippen LogP contribution in [0.25, 0.3) is 0 Å². The van der Waals surface area contributed by atoms with Gasteiger partial charge < -0.3 is 9.47 Å². The summed E-state index contributed by atoms with van der Waals surface area (Å²) in [5.41, 5.74) is 8.18. The normalized spacial score (nSPS) is 13.3. The molecule has 0 bridgehead atoms. The Hall–Kier alpha value is -2.02. The standard InChI is InChI=1S/C22H28F2N2O2.2C2H6/c1-2-27-13-3-12-25-26-22(17-6-9-19(23)10-7-17)18-8-11-20(24)21(14-18)28-15-16-4-5-16;2*1-2/h6-11,14,16,22,25-26H,2-5,12-13,15H2,1H3;2*1-2H3. The van der Waals surface area contributed by atoms with Crippen molar-refractivity contribution >= 4 is 0 Å². The number of benzene rings is 2. The van der Waals surface area contributed by atoms with Gasteiger partial charge in [-0.15, -0.1) is 0 Å². The molecule has 0 spiro atoms. The first-order valence-electron chi connectivity index (χ1n) is 11.9. The van der Waals surface area contributed by atoms with Crippen molar-refractivity contribution in [3.8, 4) is 5.75 Å². The Bertz CT molecular complexity index is 737. The molecule has 0 heterocycles. The van der Waals surface area contributed by atoms with Crippen LogP contribution in [-0.4, -0.2) is 26.4 Å². The monoisotopic (exact) mass is 450 g/mol. The van der Waals surface area contributed by atoms with Crippen LogP contribution in [0.15, 0.2) is 42.5 Å². The molecular weight excluding hydrogens is 410 g/mol. The van der Waals surface area contributed by atoms with E-state index in [0.29, 0.717) is 32.3 Å². The molecule has 3 rings (SSSR count). The largest absolute Gasteiger partial charge is 0.490 e. The van der Waals surface area contributed by atoms with E-state index in [9.17, 15) is 8.78 Å². The van der Waals surface area contributed by atoms with Gasteiger partial charge in [0.15, 0.2) is 11.6 Å². The first-order valence-corrected chi connectivity index (χ1v) is 11.9. The van der Waals surface area contributed by atoms with Gasteiger partial charge in [-0.05, 0) is 67.5 Å². The number of halogens is 2. The fourth-order valence-corrected chi connectivity index (χ4v) is 2.90. The SMILES string of the molecule is CC.CC.CCOCCCNNC(c1ccc(F)cc1)c1ccc(F)c(OCC2CC2)c1. The highest BCUT2D eigenvalue weighted by Crippen LogP contribution is 2.32. The van der Waals surface area contributed by atoms with Crippen LogP contribution in [0.5, 0.6) is 5.75 Å². The van der Waals surface area contributed by atoms with Crippen molar-refractivity contribution in [1.82, 2.24) is 10.9 Å². The van der Waals surface area contributed by atoms with Crippen molar-refractivity contribution < 1.29 is 18.3 Å². The summed E-state index contributed by atoms with van der Waals surface area (Å²) in [5, 5.41) is 0. The van der Waals surface area contributed by atoms with Gasteiger partial charge >= 0.3 is 0 Å². The minimum atomic E-state index is -0.369. The second-order valence-electron chi connectivity index (χ2n) is 7.05. The molecule has 32 heavy (non-hydrogen) atoms. The van der Waals surface area contributed by atoms with E-state index < -0.39 is 0 Å². The Balaban J connectivity index is 0.00000121. The van der Waals surface area contributed by atoms with Gasteiger partial charge in [0.25, 0.3) is 0 Å². The summed E-state index contributed by atoms with van der Waals surface area (Å²) in [5.74, 6) is 0.141. The summed E-state index contributed by atoms with van der Waals surface area (Å²) in [6.45, 7) is 12.6. The maximum atomic E-state index is 14.2. The first-order chi connectivity index (χ1) is 15.7. The molecule has 1 unspecified atom stereocenters. The van der Waals surface area contributed by atoms with Crippen molar-refractivity contribution in [2.24, 2.45) is 5.92 Å². The molecule has 1 fully saturated rings. The lowest BCUT2D eigenvalue weighted by Crippen LogP contribution is -2.37. The van der Waals surface area contributed by atoms with Gasteiger partial charge in [0.05, 0.1) is 12.6 Å². The van der Waals surface area contributed by atoms with Gasteiger partial charge in [-0.3, -0.25) is 5.43 Å². The van der Waals surface area contributed by atoms with Crippen LogP contribution >= 0.6 is 0 Å². The van der Waals surface area contributed by atoms with E-state index >= 15 is 0 Å². The molecule has 0 saturated heterocycles. The van der Waals surface area contributed by atoms with Gasteiger partial charge in [0, 0.05) is 19.8 Å². The molecule has 2 aromatic carbocycles. The minimum absolute atomic E-state index is 0.259. The number of rotatable bonds is 12. The zero-order valence-corrected chi connectivity index (χ0v) is 20.2. The van der Waals surface area contributed by atoms with Gasteiger partial charge in [-0.25, -0.2) is 14.2 Å². The molecule has 4 nitrogen and oxygen atoms in total. The Morgan fingerprint density at radius 1 is 0.969 bits per heavy atom. The average molecular weight is 451 g/mol. The maximum absolute atomic E-state index is 14.2. The van der Waals surface area contributed by atoms with E-state index in [2.05, 4.69) is 10.9 Å². The molecule has 6 heteroatoms. The predicted molar refractivity (Wildman–Crippen MR) is 128 cm³/mol. The smallest absolute Gasteiger partial charge is 0.165 e. The van der Waals surface area contributed by atoms with E-state index in [4.69, 9.17) is 9.47 Å². The number of hydrazine groups is 1. The third-order valence-corrected chi connectivity index (χ3v) is 4.70. The topological polar surface area (TPSA) is 42.5 Å². The van der Waals surface area contributed by atoms with Crippen molar-refractivity contribution in [2.75, 3.05) is 26.4 Å². The number of nitrogens with one attached hydrogen (secondary N) is 2. The molecule has 1 saturated carbocycles. The van der Waals surface area contributed by atoms with E-state index in [1.807, 2.05) is 34.6 Å². The highest BCUT2D eigenvalue weighted by atomic mass is 19.1. The molecule has 0 aliphatic heterocycles. The third-order valence-electron chi connectivity index (χ3n) is 4.70. The summed E-state index contributed by atoms with van der Waals surface area (Å²) in [4.78, 5) is 0. The van der Waals surface area contributed by atoms with Crippen LogP contribution in [0, 0.1) is 17.6 Å². The number of hydrogen-bond donors (Lipinski definition) is 2. The van der Waals surface area contributed by atoms with Gasteiger partial charge in [-0.1, -0.05) is 45.9 Å². The Labute approximate surface area is 192 Å². The molecule has 1 atom stereocenters. The van der Waals surface area contributed by atoms with E-state index in [1.165, 1.54) is 18.2 Å².